The van der Waals surface area contributed by atoms with Gasteiger partial charge in [0.05, 0.1) is 6.54 Å². The third-order valence-corrected chi connectivity index (χ3v) is 3.74. The molecule has 0 amide bonds. The molecule has 2 aromatic heterocycles. The number of aromatic nitrogens is 3. The maximum atomic E-state index is 11.1. The summed E-state index contributed by atoms with van der Waals surface area (Å²) in [6, 6.07) is 0. The van der Waals surface area contributed by atoms with Crippen molar-refractivity contribution in [2.24, 2.45) is 0 Å². The molecule has 0 saturated carbocycles. The Balaban J connectivity index is 2.19. The summed E-state index contributed by atoms with van der Waals surface area (Å²) in [5.41, 5.74) is 1.94. The van der Waals surface area contributed by atoms with Crippen molar-refractivity contribution >= 4 is 23.0 Å². The molecule has 114 valence electrons. The molecule has 7 heteroatoms. The second-order valence-corrected chi connectivity index (χ2v) is 5.94. The summed E-state index contributed by atoms with van der Waals surface area (Å²) in [6.45, 7) is 7.78. The van der Waals surface area contributed by atoms with Crippen molar-refractivity contribution in [1.82, 2.24) is 15.0 Å². The van der Waals surface area contributed by atoms with Gasteiger partial charge in [-0.2, -0.15) is 0 Å². The largest absolute Gasteiger partial charge is 0.370 e. The molecule has 0 aliphatic heterocycles. The lowest BCUT2D eigenvalue weighted by atomic mass is 10.0. The van der Waals surface area contributed by atoms with E-state index in [-0.39, 0.29) is 4.87 Å². The molecule has 0 unspecified atom stereocenters. The predicted octanol–water partition coefficient (Wildman–Crippen LogP) is 2.78. The fraction of sp³-hybridized carbons (Fsp3) is 0.500. The lowest BCUT2D eigenvalue weighted by Crippen LogP contribution is -2.12. The van der Waals surface area contributed by atoms with Crippen molar-refractivity contribution in [3.63, 3.8) is 0 Å². The first-order chi connectivity index (χ1) is 10.1. The number of thiazole rings is 1. The van der Waals surface area contributed by atoms with Crippen LogP contribution in [0.25, 0.3) is 0 Å². The third kappa shape index (κ3) is 4.04. The summed E-state index contributed by atoms with van der Waals surface area (Å²) in [5, 5.41) is 8.45. The molecular formula is C14H21N5OS. The van der Waals surface area contributed by atoms with E-state index in [2.05, 4.69) is 46.4 Å². The van der Waals surface area contributed by atoms with E-state index in [1.807, 2.05) is 5.38 Å². The highest BCUT2D eigenvalue weighted by Gasteiger charge is 2.14. The Kier molecular flexibility index (Phi) is 5.32. The molecule has 0 aliphatic carbocycles. The fourth-order valence-corrected chi connectivity index (χ4v) is 2.63. The fourth-order valence-electron chi connectivity index (χ4n) is 2.05. The second kappa shape index (κ2) is 7.21. The molecule has 0 saturated heterocycles. The highest BCUT2D eigenvalue weighted by atomic mass is 32.1. The lowest BCUT2D eigenvalue weighted by Gasteiger charge is -2.17. The van der Waals surface area contributed by atoms with Crippen LogP contribution in [0, 0.1) is 0 Å². The second-order valence-electron chi connectivity index (χ2n) is 5.09. The molecule has 0 aliphatic rings. The van der Waals surface area contributed by atoms with E-state index < -0.39 is 0 Å². The molecule has 6 nitrogen and oxygen atoms in total. The van der Waals surface area contributed by atoms with Crippen LogP contribution in [-0.2, 0) is 6.54 Å². The number of rotatable bonds is 7. The number of H-pyrrole nitrogens is 1. The van der Waals surface area contributed by atoms with E-state index in [4.69, 9.17) is 0 Å². The summed E-state index contributed by atoms with van der Waals surface area (Å²) in [4.78, 5) is 22.6. The van der Waals surface area contributed by atoms with Crippen molar-refractivity contribution in [3.8, 4) is 0 Å². The van der Waals surface area contributed by atoms with Gasteiger partial charge in [0, 0.05) is 23.2 Å². The SMILES string of the molecule is CCCNc1ncnc(NCc2csc(=O)[nH]2)c1C(C)C. The number of hydrogen-bond acceptors (Lipinski definition) is 6. The highest BCUT2D eigenvalue weighted by molar-refractivity contribution is 7.07. The van der Waals surface area contributed by atoms with Crippen molar-refractivity contribution in [3.05, 3.63) is 32.6 Å². The highest BCUT2D eigenvalue weighted by Crippen LogP contribution is 2.28. The summed E-state index contributed by atoms with van der Waals surface area (Å²) in [7, 11) is 0. The van der Waals surface area contributed by atoms with E-state index in [0.29, 0.717) is 12.5 Å². The van der Waals surface area contributed by atoms with E-state index in [0.717, 1.165) is 35.9 Å². The zero-order valence-corrected chi connectivity index (χ0v) is 13.4. The minimum absolute atomic E-state index is 0.0381. The van der Waals surface area contributed by atoms with Crippen LogP contribution in [0.5, 0.6) is 0 Å². The standard InChI is InChI=1S/C14H21N5OS/c1-4-5-15-12-11(9(2)3)13(18-8-17-12)16-6-10-7-21-14(20)19-10/h7-9H,4-6H2,1-3H3,(H,19,20)(H2,15,16,17,18). The van der Waals surface area contributed by atoms with Crippen LogP contribution in [0.2, 0.25) is 0 Å². The summed E-state index contributed by atoms with van der Waals surface area (Å²) in [6.07, 6.45) is 2.60. The first kappa shape index (κ1) is 15.5. The molecule has 21 heavy (non-hydrogen) atoms. The van der Waals surface area contributed by atoms with Crippen molar-refractivity contribution < 1.29 is 0 Å². The Morgan fingerprint density at radius 3 is 2.57 bits per heavy atom. The van der Waals surface area contributed by atoms with Crippen LogP contribution < -0.4 is 15.5 Å². The minimum atomic E-state index is -0.0381. The molecule has 0 aromatic carbocycles. The molecule has 2 heterocycles. The van der Waals surface area contributed by atoms with Gasteiger partial charge in [0.15, 0.2) is 0 Å². The van der Waals surface area contributed by atoms with E-state index in [1.54, 1.807) is 6.33 Å². The van der Waals surface area contributed by atoms with Gasteiger partial charge in [0.2, 0.25) is 0 Å². The summed E-state index contributed by atoms with van der Waals surface area (Å²) in [5.74, 6) is 1.99. The van der Waals surface area contributed by atoms with Gasteiger partial charge in [-0.25, -0.2) is 9.97 Å². The molecular weight excluding hydrogens is 286 g/mol. The van der Waals surface area contributed by atoms with Crippen LogP contribution in [0.4, 0.5) is 11.6 Å². The molecule has 0 atom stereocenters. The Labute approximate surface area is 128 Å². The van der Waals surface area contributed by atoms with Gasteiger partial charge in [-0.1, -0.05) is 32.1 Å². The van der Waals surface area contributed by atoms with Crippen molar-refractivity contribution in [2.45, 2.75) is 39.7 Å². The predicted molar refractivity (Wildman–Crippen MR) is 87.2 cm³/mol. The van der Waals surface area contributed by atoms with Crippen molar-refractivity contribution in [2.75, 3.05) is 17.2 Å². The van der Waals surface area contributed by atoms with Crippen LogP contribution in [-0.4, -0.2) is 21.5 Å². The normalized spacial score (nSPS) is 10.9. The molecule has 3 N–H and O–H groups in total. The number of anilines is 2. The average Bonchev–Trinajstić information content (AvgIpc) is 2.88. The first-order valence-corrected chi connectivity index (χ1v) is 7.99. The maximum Gasteiger partial charge on any atom is 0.304 e. The van der Waals surface area contributed by atoms with Crippen LogP contribution in [0.15, 0.2) is 16.5 Å². The number of hydrogen-bond donors (Lipinski definition) is 3. The van der Waals surface area contributed by atoms with Gasteiger partial charge in [0.1, 0.15) is 18.0 Å². The van der Waals surface area contributed by atoms with Gasteiger partial charge in [0.25, 0.3) is 0 Å². The van der Waals surface area contributed by atoms with E-state index >= 15 is 0 Å². The Morgan fingerprint density at radius 1 is 1.29 bits per heavy atom. The third-order valence-electron chi connectivity index (χ3n) is 3.02. The molecule has 0 fully saturated rings. The first-order valence-electron chi connectivity index (χ1n) is 7.11. The van der Waals surface area contributed by atoms with Crippen LogP contribution in [0.1, 0.15) is 44.4 Å². The van der Waals surface area contributed by atoms with Crippen LogP contribution in [0.3, 0.4) is 0 Å². The van der Waals surface area contributed by atoms with Gasteiger partial charge < -0.3 is 15.6 Å². The minimum Gasteiger partial charge on any atom is -0.370 e. The maximum absolute atomic E-state index is 11.1. The molecule has 2 aromatic rings. The van der Waals surface area contributed by atoms with Gasteiger partial charge in [-0.3, -0.25) is 4.79 Å². The topological polar surface area (TPSA) is 82.7 Å². The Hall–Kier alpha value is -1.89. The lowest BCUT2D eigenvalue weighted by molar-refractivity contribution is 0.838. The smallest absolute Gasteiger partial charge is 0.304 e. The van der Waals surface area contributed by atoms with Crippen LogP contribution >= 0.6 is 11.3 Å². The Morgan fingerprint density at radius 2 is 2.00 bits per heavy atom. The van der Waals surface area contributed by atoms with Gasteiger partial charge in [-0.15, -0.1) is 0 Å². The summed E-state index contributed by atoms with van der Waals surface area (Å²) >= 11 is 1.17. The van der Waals surface area contributed by atoms with Crippen molar-refractivity contribution in [1.29, 1.82) is 0 Å². The average molecular weight is 307 g/mol. The zero-order valence-electron chi connectivity index (χ0n) is 12.6. The number of aromatic amines is 1. The van der Waals surface area contributed by atoms with Gasteiger partial charge >= 0.3 is 4.87 Å². The summed E-state index contributed by atoms with van der Waals surface area (Å²) < 4.78 is 0. The Bertz CT molecular complexity index is 634. The molecule has 0 spiro atoms. The monoisotopic (exact) mass is 307 g/mol. The zero-order chi connectivity index (χ0) is 15.2. The van der Waals surface area contributed by atoms with E-state index in [1.165, 1.54) is 11.3 Å². The molecule has 2 rings (SSSR count). The molecule has 0 bridgehead atoms. The van der Waals surface area contributed by atoms with E-state index in [9.17, 15) is 4.79 Å². The molecule has 0 radical (unpaired) electrons. The number of nitrogens with zero attached hydrogens (tertiary/aromatic N) is 2. The number of nitrogens with one attached hydrogen (secondary N) is 3. The quantitative estimate of drug-likeness (QED) is 0.732. The van der Waals surface area contributed by atoms with Gasteiger partial charge in [-0.05, 0) is 12.3 Å².